The molecule has 1 aromatic carbocycles. The van der Waals surface area contributed by atoms with Gasteiger partial charge in [-0.3, -0.25) is 0 Å². The van der Waals surface area contributed by atoms with E-state index in [4.69, 9.17) is 14.2 Å². The van der Waals surface area contributed by atoms with Gasteiger partial charge in [0, 0.05) is 0 Å². The SMILES string of the molecule is CCOC(=O)C1=C(COC(=O)c2nn(-c3cccc(C(F)(F)F)c3)cc2OC)NC(=O)NC1. The molecule has 0 saturated heterocycles. The van der Waals surface area contributed by atoms with Crippen LogP contribution in [0.5, 0.6) is 5.75 Å². The zero-order chi connectivity index (χ0) is 24.2. The molecule has 10 nitrogen and oxygen atoms in total. The monoisotopic (exact) mass is 468 g/mol. The first-order chi connectivity index (χ1) is 15.6. The standard InChI is InChI=1S/C20H19F3N4O6/c1-3-32-17(28)13-8-24-19(30)25-14(13)10-33-18(29)16-15(31-2)9-27(26-16)12-6-4-5-11(7-12)20(21,22)23/h4-7,9H,3,8,10H2,1-2H3,(H2,24,25,30). The number of methoxy groups -OCH3 is 1. The van der Waals surface area contributed by atoms with Gasteiger partial charge in [0.25, 0.3) is 0 Å². The van der Waals surface area contributed by atoms with Gasteiger partial charge in [-0.05, 0) is 25.1 Å². The second kappa shape index (κ2) is 9.63. The average Bonchev–Trinajstić information content (AvgIpc) is 3.22. The number of urea groups is 1. The van der Waals surface area contributed by atoms with E-state index in [1.54, 1.807) is 6.92 Å². The molecule has 13 heteroatoms. The predicted octanol–water partition coefficient (Wildman–Crippen LogP) is 2.19. The smallest absolute Gasteiger partial charge is 0.416 e. The number of nitrogens with one attached hydrogen (secondary N) is 2. The Morgan fingerprint density at radius 2 is 1.97 bits per heavy atom. The van der Waals surface area contributed by atoms with E-state index in [2.05, 4.69) is 15.7 Å². The van der Waals surface area contributed by atoms with E-state index in [0.717, 1.165) is 16.8 Å². The van der Waals surface area contributed by atoms with Crippen molar-refractivity contribution in [1.82, 2.24) is 20.4 Å². The van der Waals surface area contributed by atoms with Crippen LogP contribution in [0.25, 0.3) is 5.69 Å². The van der Waals surface area contributed by atoms with Crippen molar-refractivity contribution in [3.8, 4) is 11.4 Å². The quantitative estimate of drug-likeness (QED) is 0.598. The highest BCUT2D eigenvalue weighted by Crippen LogP contribution is 2.31. The molecule has 3 rings (SSSR count). The van der Waals surface area contributed by atoms with Crippen LogP contribution in [0.3, 0.4) is 0 Å². The molecule has 1 aromatic heterocycles. The number of hydrogen-bond donors (Lipinski definition) is 2. The number of halogens is 3. The molecule has 1 aliphatic heterocycles. The van der Waals surface area contributed by atoms with Gasteiger partial charge in [0.2, 0.25) is 5.69 Å². The van der Waals surface area contributed by atoms with Crippen LogP contribution < -0.4 is 15.4 Å². The Morgan fingerprint density at radius 1 is 1.21 bits per heavy atom. The summed E-state index contributed by atoms with van der Waals surface area (Å²) in [5.74, 6) is -1.73. The first kappa shape index (κ1) is 23.6. The highest BCUT2D eigenvalue weighted by Gasteiger charge is 2.31. The number of benzene rings is 1. The molecule has 2 heterocycles. The summed E-state index contributed by atoms with van der Waals surface area (Å²) in [5.41, 5.74) is -1.06. The molecule has 1 aliphatic rings. The second-order valence-corrected chi connectivity index (χ2v) is 6.60. The Balaban J connectivity index is 1.82. The van der Waals surface area contributed by atoms with Crippen LogP contribution in [-0.2, 0) is 20.4 Å². The Morgan fingerprint density at radius 3 is 2.64 bits per heavy atom. The molecule has 0 saturated carbocycles. The molecule has 2 aromatic rings. The van der Waals surface area contributed by atoms with E-state index in [1.807, 2.05) is 0 Å². The van der Waals surface area contributed by atoms with Crippen LogP contribution in [0.4, 0.5) is 18.0 Å². The van der Waals surface area contributed by atoms with Gasteiger partial charge >= 0.3 is 24.1 Å². The average molecular weight is 468 g/mol. The molecule has 2 N–H and O–H groups in total. The van der Waals surface area contributed by atoms with Gasteiger partial charge in [-0.15, -0.1) is 0 Å². The van der Waals surface area contributed by atoms with Crippen LogP contribution in [0, 0.1) is 0 Å². The van der Waals surface area contributed by atoms with Crippen molar-refractivity contribution in [3.63, 3.8) is 0 Å². The van der Waals surface area contributed by atoms with E-state index < -0.39 is 36.3 Å². The summed E-state index contributed by atoms with van der Waals surface area (Å²) < 4.78 is 55.2. The third kappa shape index (κ3) is 5.42. The number of hydrogen-bond acceptors (Lipinski definition) is 7. The van der Waals surface area contributed by atoms with Crippen molar-refractivity contribution in [1.29, 1.82) is 0 Å². The number of nitrogens with zero attached hydrogens (tertiary/aromatic N) is 2. The zero-order valence-corrected chi connectivity index (χ0v) is 17.5. The summed E-state index contributed by atoms with van der Waals surface area (Å²) in [7, 11) is 1.25. The van der Waals surface area contributed by atoms with Crippen molar-refractivity contribution in [3.05, 3.63) is 53.0 Å². The predicted molar refractivity (Wildman–Crippen MR) is 106 cm³/mol. The van der Waals surface area contributed by atoms with Crippen LogP contribution in [0.2, 0.25) is 0 Å². The van der Waals surface area contributed by atoms with E-state index in [9.17, 15) is 27.6 Å². The van der Waals surface area contributed by atoms with Crippen molar-refractivity contribution >= 4 is 18.0 Å². The molecule has 0 bridgehead atoms. The van der Waals surface area contributed by atoms with Gasteiger partial charge in [-0.25, -0.2) is 19.1 Å². The fourth-order valence-electron chi connectivity index (χ4n) is 2.88. The molecule has 2 amide bonds. The fourth-order valence-corrected chi connectivity index (χ4v) is 2.88. The summed E-state index contributed by atoms with van der Waals surface area (Å²) in [6, 6.07) is 3.75. The van der Waals surface area contributed by atoms with Crippen LogP contribution in [-0.4, -0.2) is 54.6 Å². The normalized spacial score (nSPS) is 13.8. The van der Waals surface area contributed by atoms with Crippen LogP contribution in [0.1, 0.15) is 23.0 Å². The van der Waals surface area contributed by atoms with E-state index in [0.29, 0.717) is 0 Å². The molecule has 0 radical (unpaired) electrons. The van der Waals surface area contributed by atoms with Gasteiger partial charge in [-0.1, -0.05) is 6.07 Å². The first-order valence-electron chi connectivity index (χ1n) is 9.56. The number of carbonyl (C=O) groups excluding carboxylic acids is 3. The summed E-state index contributed by atoms with van der Waals surface area (Å²) in [6.45, 7) is 1.11. The van der Waals surface area contributed by atoms with Crippen LogP contribution >= 0.6 is 0 Å². The Bertz CT molecular complexity index is 1110. The molecule has 0 atom stereocenters. The molecule has 0 fully saturated rings. The molecule has 0 spiro atoms. The summed E-state index contributed by atoms with van der Waals surface area (Å²) in [5, 5.41) is 8.77. The Labute approximate surface area is 185 Å². The second-order valence-electron chi connectivity index (χ2n) is 6.60. The summed E-state index contributed by atoms with van der Waals surface area (Å²) >= 11 is 0. The number of amides is 2. The maximum absolute atomic E-state index is 13.0. The number of carbonyl (C=O) groups is 3. The van der Waals surface area contributed by atoms with Gasteiger partial charge in [-0.2, -0.15) is 18.3 Å². The molecule has 0 aliphatic carbocycles. The fraction of sp³-hybridized carbons (Fsp3) is 0.300. The lowest BCUT2D eigenvalue weighted by molar-refractivity contribution is -0.139. The maximum atomic E-state index is 13.0. The Hall–Kier alpha value is -4.03. The number of esters is 2. The lowest BCUT2D eigenvalue weighted by Gasteiger charge is -2.21. The number of aromatic nitrogens is 2. The molecule has 176 valence electrons. The number of alkyl halides is 3. The summed E-state index contributed by atoms with van der Waals surface area (Å²) in [6.07, 6.45) is -3.33. The minimum absolute atomic E-state index is 0.0295. The molecular formula is C20H19F3N4O6. The highest BCUT2D eigenvalue weighted by atomic mass is 19.4. The maximum Gasteiger partial charge on any atom is 0.416 e. The van der Waals surface area contributed by atoms with Gasteiger partial charge in [0.05, 0.1) is 49.0 Å². The lowest BCUT2D eigenvalue weighted by Crippen LogP contribution is -2.45. The van der Waals surface area contributed by atoms with E-state index in [1.165, 1.54) is 25.4 Å². The van der Waals surface area contributed by atoms with Gasteiger partial charge in [0.15, 0.2) is 5.75 Å². The van der Waals surface area contributed by atoms with Gasteiger partial charge in [0.1, 0.15) is 6.61 Å². The third-order valence-corrected chi connectivity index (χ3v) is 4.46. The lowest BCUT2D eigenvalue weighted by atomic mass is 10.2. The number of ether oxygens (including phenoxy) is 3. The zero-order valence-electron chi connectivity index (χ0n) is 17.5. The molecule has 0 unspecified atom stereocenters. The van der Waals surface area contributed by atoms with Crippen molar-refractivity contribution in [2.45, 2.75) is 13.1 Å². The van der Waals surface area contributed by atoms with Gasteiger partial charge < -0.3 is 24.8 Å². The van der Waals surface area contributed by atoms with E-state index >= 15 is 0 Å². The minimum Gasteiger partial charge on any atom is -0.493 e. The van der Waals surface area contributed by atoms with Crippen molar-refractivity contribution in [2.75, 3.05) is 26.9 Å². The van der Waals surface area contributed by atoms with Crippen LogP contribution in [0.15, 0.2) is 41.7 Å². The van der Waals surface area contributed by atoms with Crippen molar-refractivity contribution in [2.24, 2.45) is 0 Å². The number of rotatable bonds is 7. The molecule has 33 heavy (non-hydrogen) atoms. The highest BCUT2D eigenvalue weighted by molar-refractivity contribution is 5.94. The topological polar surface area (TPSA) is 121 Å². The largest absolute Gasteiger partial charge is 0.493 e. The van der Waals surface area contributed by atoms with E-state index in [-0.39, 0.29) is 41.6 Å². The first-order valence-corrected chi connectivity index (χ1v) is 9.56. The molecular weight excluding hydrogens is 449 g/mol. The third-order valence-electron chi connectivity index (χ3n) is 4.46. The van der Waals surface area contributed by atoms with Crippen molar-refractivity contribution < 1.29 is 41.8 Å². The minimum atomic E-state index is -4.56. The summed E-state index contributed by atoms with van der Waals surface area (Å²) in [4.78, 5) is 36.3. The Kier molecular flexibility index (Phi) is 6.89.